The molecule has 1 aromatic rings. The molecule has 0 fully saturated rings. The first-order valence-electron chi connectivity index (χ1n) is 5.94. The van der Waals surface area contributed by atoms with Crippen molar-refractivity contribution in [3.63, 3.8) is 0 Å². The Labute approximate surface area is 106 Å². The number of ether oxygens (including phenoxy) is 1. The summed E-state index contributed by atoms with van der Waals surface area (Å²) in [6.07, 6.45) is 4.09. The number of hydrogen-bond acceptors (Lipinski definition) is 2. The fourth-order valence-corrected chi connectivity index (χ4v) is 1.44. The first-order chi connectivity index (χ1) is 8.65. The Bertz CT molecular complexity index is 427. The van der Waals surface area contributed by atoms with Gasteiger partial charge in [0.15, 0.2) is 0 Å². The highest BCUT2D eigenvalue weighted by Crippen LogP contribution is 2.18. The molecule has 0 radical (unpaired) electrons. The van der Waals surface area contributed by atoms with E-state index in [9.17, 15) is 9.18 Å². The van der Waals surface area contributed by atoms with Crippen LogP contribution in [0.25, 0.3) is 0 Å². The molecule has 0 aliphatic heterocycles. The average molecular weight is 252 g/mol. The molecule has 98 valence electrons. The second-order valence-electron chi connectivity index (χ2n) is 3.88. The Hall–Kier alpha value is -1.84. The average Bonchev–Trinajstić information content (AvgIpc) is 2.37. The zero-order valence-electron chi connectivity index (χ0n) is 10.4. The third kappa shape index (κ3) is 4.57. The van der Waals surface area contributed by atoms with Gasteiger partial charge in [-0.2, -0.15) is 0 Å². The zero-order chi connectivity index (χ0) is 13.4. The van der Waals surface area contributed by atoms with Gasteiger partial charge < -0.3 is 9.84 Å². The summed E-state index contributed by atoms with van der Waals surface area (Å²) in [5, 5.41) is 8.92. The van der Waals surface area contributed by atoms with Crippen LogP contribution in [0, 0.1) is 0 Å². The van der Waals surface area contributed by atoms with Gasteiger partial charge in [-0.05, 0) is 31.1 Å². The summed E-state index contributed by atoms with van der Waals surface area (Å²) in [5.74, 6) is -1.27. The fraction of sp³-hybridized carbons (Fsp3) is 0.357. The van der Waals surface area contributed by atoms with Gasteiger partial charge in [-0.3, -0.25) is 0 Å². The molecule has 0 aliphatic rings. The van der Waals surface area contributed by atoms with E-state index in [2.05, 4.69) is 0 Å². The number of unbranched alkanes of at least 4 members (excludes halogenated alkanes) is 2. The molecule has 0 aromatic heterocycles. The third-order valence-corrected chi connectivity index (χ3v) is 2.41. The molecule has 1 aromatic carbocycles. The van der Waals surface area contributed by atoms with Crippen LogP contribution in [0.1, 0.15) is 36.5 Å². The lowest BCUT2D eigenvalue weighted by Gasteiger charge is -2.07. The largest absolute Gasteiger partial charge is 0.486 e. The van der Waals surface area contributed by atoms with E-state index < -0.39 is 5.97 Å². The fourth-order valence-electron chi connectivity index (χ4n) is 1.44. The van der Waals surface area contributed by atoms with Gasteiger partial charge in [0.1, 0.15) is 23.7 Å². The molecule has 0 saturated heterocycles. The first-order valence-corrected chi connectivity index (χ1v) is 5.94. The number of carboxylic acid groups (broad SMARTS) is 1. The van der Waals surface area contributed by atoms with E-state index in [4.69, 9.17) is 9.84 Å². The van der Waals surface area contributed by atoms with E-state index in [1.165, 1.54) is 18.2 Å². The van der Waals surface area contributed by atoms with Crippen LogP contribution in [0.3, 0.4) is 0 Å². The smallest absolute Gasteiger partial charge is 0.339 e. The first kappa shape index (κ1) is 14.2. The minimum atomic E-state index is -1.08. The molecule has 0 heterocycles. The number of allylic oxidation sites excluding steroid dienone is 1. The number of para-hydroxylation sites is 1. The molecular formula is C14H17FO3. The normalized spacial score (nSPS) is 11.3. The lowest BCUT2D eigenvalue weighted by molar-refractivity contribution is 0.0692. The van der Waals surface area contributed by atoms with Crippen LogP contribution in [0.15, 0.2) is 36.2 Å². The van der Waals surface area contributed by atoms with Crippen molar-refractivity contribution in [2.75, 3.05) is 6.61 Å². The molecule has 1 N–H and O–H groups in total. The zero-order valence-corrected chi connectivity index (χ0v) is 10.4. The lowest BCUT2D eigenvalue weighted by Crippen LogP contribution is -2.04. The van der Waals surface area contributed by atoms with Gasteiger partial charge in [0.05, 0.1) is 0 Å². The molecular weight excluding hydrogens is 235 g/mol. The Morgan fingerprint density at radius 3 is 2.83 bits per heavy atom. The molecule has 0 unspecified atom stereocenters. The van der Waals surface area contributed by atoms with E-state index in [-0.39, 0.29) is 23.7 Å². The molecule has 18 heavy (non-hydrogen) atoms. The van der Waals surface area contributed by atoms with Crippen molar-refractivity contribution in [3.8, 4) is 5.75 Å². The monoisotopic (exact) mass is 252 g/mol. The Kier molecular flexibility index (Phi) is 5.91. The van der Waals surface area contributed by atoms with E-state index >= 15 is 0 Å². The number of benzene rings is 1. The number of carbonyl (C=O) groups is 1. The van der Waals surface area contributed by atoms with Crippen LogP contribution in [-0.4, -0.2) is 17.7 Å². The summed E-state index contributed by atoms with van der Waals surface area (Å²) in [5.41, 5.74) is 0.0406. The number of carboxylic acids is 1. The molecule has 0 amide bonds. The van der Waals surface area contributed by atoms with Crippen molar-refractivity contribution in [2.24, 2.45) is 0 Å². The van der Waals surface area contributed by atoms with Crippen LogP contribution in [0.5, 0.6) is 5.75 Å². The van der Waals surface area contributed by atoms with Crippen molar-refractivity contribution in [3.05, 3.63) is 41.7 Å². The molecule has 0 aliphatic carbocycles. The minimum Gasteiger partial charge on any atom is -0.486 e. The van der Waals surface area contributed by atoms with Gasteiger partial charge in [-0.15, -0.1) is 0 Å². The van der Waals surface area contributed by atoms with Crippen molar-refractivity contribution < 1.29 is 19.0 Å². The molecule has 3 nitrogen and oxygen atoms in total. The summed E-state index contributed by atoms with van der Waals surface area (Å²) in [4.78, 5) is 10.9. The number of halogens is 1. The second kappa shape index (κ2) is 7.48. The number of aromatic carboxylic acids is 1. The van der Waals surface area contributed by atoms with E-state index in [0.29, 0.717) is 6.42 Å². The van der Waals surface area contributed by atoms with Gasteiger partial charge in [-0.25, -0.2) is 9.18 Å². The quantitative estimate of drug-likeness (QED) is 0.750. The van der Waals surface area contributed by atoms with Crippen LogP contribution < -0.4 is 4.74 Å². The van der Waals surface area contributed by atoms with Gasteiger partial charge >= 0.3 is 5.97 Å². The predicted octanol–water partition coefficient (Wildman–Crippen LogP) is 3.81. The lowest BCUT2D eigenvalue weighted by atomic mass is 10.2. The van der Waals surface area contributed by atoms with E-state index in [1.807, 2.05) is 6.92 Å². The molecule has 0 spiro atoms. The van der Waals surface area contributed by atoms with Crippen molar-refractivity contribution in [1.82, 2.24) is 0 Å². The highest BCUT2D eigenvalue weighted by molar-refractivity contribution is 5.90. The van der Waals surface area contributed by atoms with Gasteiger partial charge in [0.2, 0.25) is 0 Å². The number of rotatable bonds is 7. The van der Waals surface area contributed by atoms with Gasteiger partial charge in [0, 0.05) is 0 Å². The maximum Gasteiger partial charge on any atom is 0.339 e. The van der Waals surface area contributed by atoms with Crippen LogP contribution in [0.4, 0.5) is 4.39 Å². The summed E-state index contributed by atoms with van der Waals surface area (Å²) in [6.45, 7) is 1.80. The third-order valence-electron chi connectivity index (χ3n) is 2.41. The molecule has 4 heteroatoms. The molecule has 0 atom stereocenters. The maximum absolute atomic E-state index is 13.3. The van der Waals surface area contributed by atoms with Crippen molar-refractivity contribution >= 4 is 5.97 Å². The standard InChI is InChI=1S/C14H17FO3/c1-2-3-4-7-11(15)10-18-13-9-6-5-8-12(13)14(16)17/h5-9H,2-4,10H2,1H3,(H,16,17)/b11-7+. The van der Waals surface area contributed by atoms with E-state index in [1.54, 1.807) is 12.1 Å². The van der Waals surface area contributed by atoms with Crippen molar-refractivity contribution in [1.29, 1.82) is 0 Å². The maximum atomic E-state index is 13.3. The second-order valence-corrected chi connectivity index (χ2v) is 3.88. The minimum absolute atomic E-state index is 0.0406. The summed E-state index contributed by atoms with van der Waals surface area (Å²) >= 11 is 0. The number of hydrogen-bond donors (Lipinski definition) is 1. The molecule has 0 bridgehead atoms. The summed E-state index contributed by atoms with van der Waals surface area (Å²) in [7, 11) is 0. The SMILES string of the molecule is CCCC/C=C(/F)COc1ccccc1C(=O)O. The highest BCUT2D eigenvalue weighted by Gasteiger charge is 2.10. The van der Waals surface area contributed by atoms with Crippen LogP contribution in [0.2, 0.25) is 0 Å². The topological polar surface area (TPSA) is 46.5 Å². The van der Waals surface area contributed by atoms with Crippen LogP contribution in [-0.2, 0) is 0 Å². The molecule has 0 saturated carbocycles. The van der Waals surface area contributed by atoms with Gasteiger partial charge in [-0.1, -0.05) is 25.5 Å². The Balaban J connectivity index is 2.58. The highest BCUT2D eigenvalue weighted by atomic mass is 19.1. The molecule has 1 rings (SSSR count). The predicted molar refractivity (Wildman–Crippen MR) is 67.6 cm³/mol. The van der Waals surface area contributed by atoms with Crippen LogP contribution >= 0.6 is 0 Å². The summed E-state index contributed by atoms with van der Waals surface area (Å²) in [6, 6.07) is 6.20. The van der Waals surface area contributed by atoms with Gasteiger partial charge in [0.25, 0.3) is 0 Å². The Morgan fingerprint density at radius 2 is 2.17 bits per heavy atom. The Morgan fingerprint density at radius 1 is 1.44 bits per heavy atom. The van der Waals surface area contributed by atoms with E-state index in [0.717, 1.165) is 12.8 Å². The summed E-state index contributed by atoms with van der Waals surface area (Å²) < 4.78 is 18.5. The van der Waals surface area contributed by atoms with Crippen molar-refractivity contribution in [2.45, 2.75) is 26.2 Å².